The van der Waals surface area contributed by atoms with Crippen LogP contribution in [-0.4, -0.2) is 17.4 Å². The molecule has 0 amide bonds. The Kier molecular flexibility index (Phi) is 4.39. The zero-order chi connectivity index (χ0) is 12.1. The fourth-order valence-corrected chi connectivity index (χ4v) is 1.61. The molecule has 1 rings (SSSR count). The number of ether oxygens (including phenoxy) is 1. The predicted molar refractivity (Wildman–Crippen MR) is 67.3 cm³/mol. The molecule has 0 fully saturated rings. The SMILES string of the molecule is CSC(=N)c1cc(C#N)cc(OC(C)C)c1. The maximum Gasteiger partial charge on any atom is 0.121 e. The Morgan fingerprint density at radius 3 is 2.62 bits per heavy atom. The van der Waals surface area contributed by atoms with Crippen LogP contribution >= 0.6 is 11.8 Å². The lowest BCUT2D eigenvalue weighted by Crippen LogP contribution is -2.06. The number of rotatable bonds is 3. The summed E-state index contributed by atoms with van der Waals surface area (Å²) >= 11 is 1.34. The highest BCUT2D eigenvalue weighted by Crippen LogP contribution is 2.21. The molecule has 0 spiro atoms. The van der Waals surface area contributed by atoms with E-state index in [0.29, 0.717) is 16.4 Å². The van der Waals surface area contributed by atoms with Crippen LogP contribution in [0.2, 0.25) is 0 Å². The van der Waals surface area contributed by atoms with Crippen LogP contribution in [0.3, 0.4) is 0 Å². The number of thioether (sulfide) groups is 1. The van der Waals surface area contributed by atoms with Gasteiger partial charge < -0.3 is 4.74 Å². The molecule has 0 aliphatic heterocycles. The van der Waals surface area contributed by atoms with Crippen molar-refractivity contribution in [3.05, 3.63) is 29.3 Å². The molecule has 0 saturated heterocycles. The summed E-state index contributed by atoms with van der Waals surface area (Å²) in [5, 5.41) is 17.1. The summed E-state index contributed by atoms with van der Waals surface area (Å²) in [6, 6.07) is 7.26. The van der Waals surface area contributed by atoms with E-state index in [1.54, 1.807) is 18.2 Å². The van der Waals surface area contributed by atoms with Gasteiger partial charge in [-0.2, -0.15) is 5.26 Å². The number of benzene rings is 1. The van der Waals surface area contributed by atoms with Crippen molar-refractivity contribution in [2.75, 3.05) is 6.26 Å². The number of nitrogens with zero attached hydrogens (tertiary/aromatic N) is 1. The lowest BCUT2D eigenvalue weighted by atomic mass is 10.1. The molecule has 3 nitrogen and oxygen atoms in total. The van der Waals surface area contributed by atoms with Gasteiger partial charge in [-0.05, 0) is 38.3 Å². The molecule has 1 aromatic carbocycles. The highest BCUT2D eigenvalue weighted by atomic mass is 32.2. The standard InChI is InChI=1S/C12H14N2OS/c1-8(2)15-11-5-9(7-13)4-10(6-11)12(14)16-3/h4-6,8,14H,1-3H3. The van der Waals surface area contributed by atoms with Gasteiger partial charge in [0.05, 0.1) is 22.8 Å². The molecule has 84 valence electrons. The largest absolute Gasteiger partial charge is 0.491 e. The third kappa shape index (κ3) is 3.28. The molecule has 4 heteroatoms. The molecule has 0 saturated carbocycles. The third-order valence-electron chi connectivity index (χ3n) is 1.87. The van der Waals surface area contributed by atoms with Crippen LogP contribution in [0.25, 0.3) is 0 Å². The van der Waals surface area contributed by atoms with Crippen molar-refractivity contribution in [1.82, 2.24) is 0 Å². The molecule has 0 aliphatic carbocycles. The summed E-state index contributed by atoms with van der Waals surface area (Å²) < 4.78 is 5.53. The third-order valence-corrected chi connectivity index (χ3v) is 2.52. The first-order valence-corrected chi connectivity index (χ1v) is 6.14. The van der Waals surface area contributed by atoms with Gasteiger partial charge >= 0.3 is 0 Å². The summed E-state index contributed by atoms with van der Waals surface area (Å²) in [6.07, 6.45) is 1.90. The number of hydrogen-bond donors (Lipinski definition) is 1. The van der Waals surface area contributed by atoms with Crippen LogP contribution in [0.5, 0.6) is 5.75 Å². The van der Waals surface area contributed by atoms with Gasteiger partial charge in [0.1, 0.15) is 5.75 Å². The smallest absolute Gasteiger partial charge is 0.121 e. The highest BCUT2D eigenvalue weighted by Gasteiger charge is 2.06. The van der Waals surface area contributed by atoms with Crippen molar-refractivity contribution < 1.29 is 4.74 Å². The van der Waals surface area contributed by atoms with Crippen LogP contribution in [-0.2, 0) is 0 Å². The van der Waals surface area contributed by atoms with Crippen LogP contribution in [0, 0.1) is 16.7 Å². The second kappa shape index (κ2) is 5.57. The lowest BCUT2D eigenvalue weighted by molar-refractivity contribution is 0.242. The molecule has 0 aliphatic rings. The molecule has 0 heterocycles. The Morgan fingerprint density at radius 1 is 1.44 bits per heavy atom. The van der Waals surface area contributed by atoms with Crippen LogP contribution in [0.1, 0.15) is 25.0 Å². The normalized spacial score (nSPS) is 9.94. The van der Waals surface area contributed by atoms with Gasteiger partial charge in [-0.3, -0.25) is 5.41 Å². The molecule has 0 radical (unpaired) electrons. The first kappa shape index (κ1) is 12.6. The maximum absolute atomic E-state index is 8.89. The van der Waals surface area contributed by atoms with Crippen molar-refractivity contribution in [2.45, 2.75) is 20.0 Å². The minimum Gasteiger partial charge on any atom is -0.491 e. The maximum atomic E-state index is 8.89. The Labute approximate surface area is 99.9 Å². The van der Waals surface area contributed by atoms with E-state index in [1.165, 1.54) is 11.8 Å². The van der Waals surface area contributed by atoms with Crippen molar-refractivity contribution in [2.24, 2.45) is 0 Å². The lowest BCUT2D eigenvalue weighted by Gasteiger charge is -2.11. The van der Waals surface area contributed by atoms with Gasteiger partial charge in [0.2, 0.25) is 0 Å². The highest BCUT2D eigenvalue weighted by molar-refractivity contribution is 8.13. The van der Waals surface area contributed by atoms with Crippen molar-refractivity contribution >= 4 is 16.8 Å². The van der Waals surface area contributed by atoms with Crippen molar-refractivity contribution in [1.29, 1.82) is 10.7 Å². The molecule has 0 bridgehead atoms. The van der Waals surface area contributed by atoms with Gasteiger partial charge in [0, 0.05) is 5.56 Å². The second-order valence-electron chi connectivity index (χ2n) is 3.56. The summed E-state index contributed by atoms with van der Waals surface area (Å²) in [5.74, 6) is 0.642. The Bertz CT molecular complexity index is 435. The van der Waals surface area contributed by atoms with Gasteiger partial charge in [-0.1, -0.05) is 0 Å². The zero-order valence-electron chi connectivity index (χ0n) is 9.57. The molecule has 0 aromatic heterocycles. The summed E-state index contributed by atoms with van der Waals surface area (Å²) in [6.45, 7) is 3.86. The van der Waals surface area contributed by atoms with Crippen molar-refractivity contribution in [3.63, 3.8) is 0 Å². The fourth-order valence-electron chi connectivity index (χ4n) is 1.25. The van der Waals surface area contributed by atoms with E-state index in [2.05, 4.69) is 6.07 Å². The topological polar surface area (TPSA) is 56.9 Å². The molecule has 1 aromatic rings. The average molecular weight is 234 g/mol. The van der Waals surface area contributed by atoms with Gasteiger partial charge in [0.15, 0.2) is 0 Å². The van der Waals surface area contributed by atoms with Gasteiger partial charge in [-0.25, -0.2) is 0 Å². The van der Waals surface area contributed by atoms with E-state index in [4.69, 9.17) is 15.4 Å². The van der Waals surface area contributed by atoms with Crippen LogP contribution in [0.4, 0.5) is 0 Å². The quantitative estimate of drug-likeness (QED) is 0.646. The molecular formula is C12H14N2OS. The Morgan fingerprint density at radius 2 is 2.12 bits per heavy atom. The average Bonchev–Trinajstić information content (AvgIpc) is 2.26. The summed E-state index contributed by atoms with van der Waals surface area (Å²) in [5.41, 5.74) is 1.24. The number of hydrogen-bond acceptors (Lipinski definition) is 4. The van der Waals surface area contributed by atoms with Gasteiger partial charge in [-0.15, -0.1) is 11.8 Å². The van der Waals surface area contributed by atoms with Crippen LogP contribution in [0.15, 0.2) is 18.2 Å². The van der Waals surface area contributed by atoms with E-state index in [-0.39, 0.29) is 6.10 Å². The number of nitrogens with one attached hydrogen (secondary N) is 1. The Balaban J connectivity index is 3.11. The monoisotopic (exact) mass is 234 g/mol. The van der Waals surface area contributed by atoms with Crippen LogP contribution < -0.4 is 4.74 Å². The zero-order valence-corrected chi connectivity index (χ0v) is 10.4. The molecule has 16 heavy (non-hydrogen) atoms. The molecular weight excluding hydrogens is 220 g/mol. The predicted octanol–water partition coefficient (Wildman–Crippen LogP) is 3.03. The van der Waals surface area contributed by atoms with E-state index in [1.807, 2.05) is 20.1 Å². The van der Waals surface area contributed by atoms with E-state index in [0.717, 1.165) is 5.56 Å². The molecule has 1 N–H and O–H groups in total. The summed E-state index contributed by atoms with van der Waals surface area (Å²) in [7, 11) is 0. The molecule has 0 unspecified atom stereocenters. The van der Waals surface area contributed by atoms with Crippen molar-refractivity contribution in [3.8, 4) is 11.8 Å². The summed E-state index contributed by atoms with van der Waals surface area (Å²) in [4.78, 5) is 0. The minimum atomic E-state index is 0.0604. The van der Waals surface area contributed by atoms with E-state index < -0.39 is 0 Å². The van der Waals surface area contributed by atoms with Gasteiger partial charge in [0.25, 0.3) is 0 Å². The minimum absolute atomic E-state index is 0.0604. The number of nitriles is 1. The van der Waals surface area contributed by atoms with E-state index >= 15 is 0 Å². The molecule has 0 atom stereocenters. The Hall–Kier alpha value is -1.47. The second-order valence-corrected chi connectivity index (χ2v) is 4.37. The first-order chi connectivity index (χ1) is 7.56. The fraction of sp³-hybridized carbons (Fsp3) is 0.333. The first-order valence-electron chi connectivity index (χ1n) is 4.91. The van der Waals surface area contributed by atoms with E-state index in [9.17, 15) is 0 Å².